The molecule has 0 N–H and O–H groups in total. The number of aromatic nitrogens is 4. The molecular weight excluding hydrogens is 563 g/mol. The lowest BCUT2D eigenvalue weighted by Crippen LogP contribution is -2.64. The summed E-state index contributed by atoms with van der Waals surface area (Å²) in [6.07, 6.45) is 11.2. The average molecular weight is 608 g/mol. The van der Waals surface area contributed by atoms with Crippen LogP contribution >= 0.6 is 23.2 Å². The summed E-state index contributed by atoms with van der Waals surface area (Å²) in [5.74, 6) is 0. The maximum Gasteiger partial charge on any atom is 0.0951 e. The Morgan fingerprint density at radius 1 is 0.571 bits per heavy atom. The van der Waals surface area contributed by atoms with Crippen LogP contribution in [-0.2, 0) is 0 Å². The van der Waals surface area contributed by atoms with Gasteiger partial charge in [-0.2, -0.15) is 19.8 Å². The predicted molar refractivity (Wildman–Crippen MR) is 179 cm³/mol. The van der Waals surface area contributed by atoms with Crippen LogP contribution in [0.15, 0.2) is 36.4 Å². The number of halogens is 2. The van der Waals surface area contributed by atoms with Crippen molar-refractivity contribution in [2.45, 2.75) is 116 Å². The van der Waals surface area contributed by atoms with Gasteiger partial charge in [0.15, 0.2) is 0 Å². The first-order valence-corrected chi connectivity index (χ1v) is 16.0. The van der Waals surface area contributed by atoms with Gasteiger partial charge < -0.3 is 0 Å². The van der Waals surface area contributed by atoms with Crippen LogP contribution in [0.2, 0.25) is 10.0 Å². The molecule has 42 heavy (non-hydrogen) atoms. The van der Waals surface area contributed by atoms with E-state index in [1.54, 1.807) is 0 Å². The zero-order valence-corrected chi connectivity index (χ0v) is 27.8. The number of fused-ring (bicyclic) bond motifs is 2. The van der Waals surface area contributed by atoms with Crippen LogP contribution in [0, 0.1) is 0 Å². The molecule has 4 heterocycles. The van der Waals surface area contributed by atoms with Gasteiger partial charge in [0.25, 0.3) is 0 Å². The molecule has 0 atom stereocenters. The highest BCUT2D eigenvalue weighted by atomic mass is 35.5. The number of hydrogen-bond acceptors (Lipinski definition) is 4. The molecule has 0 saturated carbocycles. The molecule has 224 valence electrons. The zero-order chi connectivity index (χ0) is 30.2. The van der Waals surface area contributed by atoms with Crippen molar-refractivity contribution in [1.82, 2.24) is 19.8 Å². The molecule has 2 aromatic heterocycles. The van der Waals surface area contributed by atoms with Crippen molar-refractivity contribution < 1.29 is 0 Å². The topological polar surface area (TPSA) is 42.1 Å². The Morgan fingerprint density at radius 3 is 1.24 bits per heavy atom. The van der Waals surface area contributed by atoms with Crippen molar-refractivity contribution in [3.8, 4) is 0 Å². The van der Waals surface area contributed by atoms with Crippen molar-refractivity contribution in [3.63, 3.8) is 0 Å². The largest absolute Gasteiger partial charge is 0.285 e. The minimum absolute atomic E-state index is 0.0694. The summed E-state index contributed by atoms with van der Waals surface area (Å²) in [5.41, 5.74) is 3.60. The second kappa shape index (κ2) is 9.92. The standard InChI is InChI=1S/C34H44Cl2N6/c1-31(2)17-9-18-32(3,4)41(31)39-29(25-21-23(35)11-13-27(25)37-39)15-16-30-26-22-24(36)12-14-28(26)38-40(30)42-33(5,6)19-10-20-34(42,7)8/h11-16,21-22H,9-10,17-20H2,1-8H3/b16-15+. The summed E-state index contributed by atoms with van der Waals surface area (Å²) < 4.78 is 0. The van der Waals surface area contributed by atoms with Crippen LogP contribution in [0.1, 0.15) is 105 Å². The van der Waals surface area contributed by atoms with E-state index in [1.807, 2.05) is 36.4 Å². The molecule has 0 unspecified atom stereocenters. The normalized spacial score (nSPS) is 21.6. The van der Waals surface area contributed by atoms with E-state index in [0.29, 0.717) is 10.0 Å². The summed E-state index contributed by atoms with van der Waals surface area (Å²) in [6, 6.07) is 12.0. The molecule has 8 heteroatoms. The lowest BCUT2D eigenvalue weighted by atomic mass is 9.81. The minimum atomic E-state index is -0.0694. The van der Waals surface area contributed by atoms with E-state index in [4.69, 9.17) is 33.4 Å². The Hall–Kier alpha value is -2.70. The quantitative estimate of drug-likeness (QED) is 0.232. The fraction of sp³-hybridized carbons (Fsp3) is 0.529. The van der Waals surface area contributed by atoms with Crippen LogP contribution in [0.4, 0.5) is 0 Å². The molecule has 2 aliphatic rings. The molecule has 2 aromatic carbocycles. The van der Waals surface area contributed by atoms with Gasteiger partial charge >= 0.3 is 0 Å². The van der Waals surface area contributed by atoms with E-state index < -0.39 is 0 Å². The summed E-state index contributed by atoms with van der Waals surface area (Å²) >= 11 is 13.1. The molecular formula is C34H44Cl2N6. The van der Waals surface area contributed by atoms with E-state index in [9.17, 15) is 0 Å². The van der Waals surface area contributed by atoms with Gasteiger partial charge in [-0.05, 0) is 142 Å². The van der Waals surface area contributed by atoms with Gasteiger partial charge in [0.2, 0.25) is 0 Å². The van der Waals surface area contributed by atoms with E-state index in [1.165, 1.54) is 12.8 Å². The fourth-order valence-corrected chi connectivity index (χ4v) is 8.24. The molecule has 6 nitrogen and oxygen atoms in total. The van der Waals surface area contributed by atoms with E-state index in [2.05, 4.69) is 87.1 Å². The van der Waals surface area contributed by atoms with E-state index in [0.717, 1.165) is 58.9 Å². The first-order valence-electron chi connectivity index (χ1n) is 15.3. The lowest BCUT2D eigenvalue weighted by molar-refractivity contribution is 0.173. The van der Waals surface area contributed by atoms with Crippen LogP contribution in [0.5, 0.6) is 0 Å². The number of hydrogen-bond donors (Lipinski definition) is 0. The van der Waals surface area contributed by atoms with E-state index >= 15 is 0 Å². The molecule has 0 spiro atoms. The SMILES string of the molecule is CC1(C)CCCC(C)(C)N1n1nc2ccc(Cl)cc2c1/C=C/c1c2cc(Cl)ccc2nn1N1C(C)(C)CCCC1(C)C. The second-order valence-corrected chi connectivity index (χ2v) is 15.7. The zero-order valence-electron chi connectivity index (χ0n) is 26.3. The molecule has 2 fully saturated rings. The molecule has 0 amide bonds. The first-order chi connectivity index (χ1) is 19.6. The molecule has 0 radical (unpaired) electrons. The van der Waals surface area contributed by atoms with Crippen LogP contribution < -0.4 is 10.0 Å². The van der Waals surface area contributed by atoms with Gasteiger partial charge in [0, 0.05) is 20.8 Å². The molecule has 6 rings (SSSR count). The molecule has 2 saturated heterocycles. The number of benzene rings is 2. The number of rotatable bonds is 4. The van der Waals surface area contributed by atoms with Gasteiger partial charge in [0.1, 0.15) is 0 Å². The Morgan fingerprint density at radius 2 is 0.905 bits per heavy atom. The first kappa shape index (κ1) is 29.4. The molecule has 2 aliphatic heterocycles. The Labute approximate surface area is 260 Å². The maximum atomic E-state index is 6.57. The highest BCUT2D eigenvalue weighted by Crippen LogP contribution is 2.40. The summed E-state index contributed by atoms with van der Waals surface area (Å²) in [5, 5.41) is 18.8. The van der Waals surface area contributed by atoms with Crippen molar-refractivity contribution in [1.29, 1.82) is 0 Å². The number of piperidine rings is 2. The van der Waals surface area contributed by atoms with Crippen LogP contribution in [0.25, 0.3) is 34.0 Å². The van der Waals surface area contributed by atoms with Gasteiger partial charge in [-0.15, -0.1) is 0 Å². The molecule has 0 aliphatic carbocycles. The Kier molecular flexibility index (Phi) is 6.94. The van der Waals surface area contributed by atoms with Gasteiger partial charge in [-0.25, -0.2) is 0 Å². The van der Waals surface area contributed by atoms with Crippen LogP contribution in [-0.4, -0.2) is 41.9 Å². The van der Waals surface area contributed by atoms with Gasteiger partial charge in [-0.1, -0.05) is 23.2 Å². The van der Waals surface area contributed by atoms with Crippen LogP contribution in [0.3, 0.4) is 0 Å². The van der Waals surface area contributed by atoms with Crippen molar-refractivity contribution in [3.05, 3.63) is 57.8 Å². The monoisotopic (exact) mass is 606 g/mol. The third kappa shape index (κ3) is 4.89. The average Bonchev–Trinajstić information content (AvgIpc) is 3.37. The minimum Gasteiger partial charge on any atom is -0.285 e. The van der Waals surface area contributed by atoms with Gasteiger partial charge in [-0.3, -0.25) is 10.0 Å². The maximum absolute atomic E-state index is 6.57. The van der Waals surface area contributed by atoms with Crippen molar-refractivity contribution in [2.24, 2.45) is 0 Å². The highest BCUT2D eigenvalue weighted by molar-refractivity contribution is 6.31. The van der Waals surface area contributed by atoms with Crippen molar-refractivity contribution >= 4 is 57.2 Å². The summed E-state index contributed by atoms with van der Waals surface area (Å²) in [4.78, 5) is 4.28. The summed E-state index contributed by atoms with van der Waals surface area (Å²) in [7, 11) is 0. The highest BCUT2D eigenvalue weighted by Gasteiger charge is 2.44. The Balaban J connectivity index is 1.59. The van der Waals surface area contributed by atoms with Crippen molar-refractivity contribution in [2.75, 3.05) is 10.0 Å². The summed E-state index contributed by atoms with van der Waals surface area (Å²) in [6.45, 7) is 18.6. The fourth-order valence-electron chi connectivity index (χ4n) is 7.90. The third-order valence-corrected chi connectivity index (χ3v) is 10.0. The third-order valence-electron chi connectivity index (χ3n) is 9.53. The predicted octanol–water partition coefficient (Wildman–Crippen LogP) is 9.22. The van der Waals surface area contributed by atoms with Gasteiger partial charge in [0.05, 0.1) is 44.6 Å². The smallest absolute Gasteiger partial charge is 0.0951 e. The number of nitrogens with zero attached hydrogens (tertiary/aromatic N) is 6. The molecule has 4 aromatic rings. The Bertz CT molecular complexity index is 1530. The lowest BCUT2D eigenvalue weighted by Gasteiger charge is -2.54. The molecule has 0 bridgehead atoms. The van der Waals surface area contributed by atoms with E-state index in [-0.39, 0.29) is 22.2 Å². The second-order valence-electron chi connectivity index (χ2n) is 14.8.